The van der Waals surface area contributed by atoms with E-state index < -0.39 is 21.3 Å². The molecule has 1 rings (SSSR count). The van der Waals surface area contributed by atoms with Gasteiger partial charge in [-0.2, -0.15) is 0 Å². The molecule has 5 nitrogen and oxygen atoms in total. The molecule has 1 aromatic carbocycles. The second-order valence-corrected chi connectivity index (χ2v) is 5.08. The van der Waals surface area contributed by atoms with Crippen LogP contribution in [-0.4, -0.2) is 15.7 Å². The van der Waals surface area contributed by atoms with Gasteiger partial charge in [0.1, 0.15) is 5.82 Å². The molecule has 0 radical (unpaired) electrons. The third kappa shape index (κ3) is 3.76. The SMILES string of the molecule is CC(C)C(Br)C(=O)Nc1cc(F)cc([N+](=O)[O-])c1. The summed E-state index contributed by atoms with van der Waals surface area (Å²) in [7, 11) is 0. The first kappa shape index (κ1) is 14.6. The summed E-state index contributed by atoms with van der Waals surface area (Å²) in [6, 6.07) is 2.94. The van der Waals surface area contributed by atoms with Gasteiger partial charge in [-0.1, -0.05) is 29.8 Å². The molecule has 0 aromatic heterocycles. The van der Waals surface area contributed by atoms with Crippen molar-refractivity contribution in [2.75, 3.05) is 5.32 Å². The summed E-state index contributed by atoms with van der Waals surface area (Å²) in [4.78, 5) is 21.1. The molecule has 18 heavy (non-hydrogen) atoms. The number of nitro groups is 1. The molecule has 1 amide bonds. The zero-order valence-corrected chi connectivity index (χ0v) is 11.4. The van der Waals surface area contributed by atoms with E-state index in [2.05, 4.69) is 21.2 Å². The molecule has 0 fully saturated rings. The van der Waals surface area contributed by atoms with Crippen molar-refractivity contribution in [3.63, 3.8) is 0 Å². The number of rotatable bonds is 4. The lowest BCUT2D eigenvalue weighted by Crippen LogP contribution is -2.27. The third-order valence-corrected chi connectivity index (χ3v) is 3.67. The van der Waals surface area contributed by atoms with Crippen LogP contribution >= 0.6 is 15.9 Å². The number of carbonyl (C=O) groups excluding carboxylic acids is 1. The third-order valence-electron chi connectivity index (χ3n) is 2.20. The predicted molar refractivity (Wildman–Crippen MR) is 69.2 cm³/mol. The highest BCUT2D eigenvalue weighted by Gasteiger charge is 2.19. The number of non-ortho nitro benzene ring substituents is 1. The lowest BCUT2D eigenvalue weighted by Gasteiger charge is -2.13. The molecule has 1 atom stereocenters. The summed E-state index contributed by atoms with van der Waals surface area (Å²) in [5, 5.41) is 13.0. The molecule has 0 bridgehead atoms. The molecule has 0 aliphatic carbocycles. The Morgan fingerprint density at radius 3 is 2.56 bits per heavy atom. The Morgan fingerprint density at radius 1 is 1.44 bits per heavy atom. The molecule has 0 aliphatic rings. The maximum atomic E-state index is 13.1. The molecule has 0 aliphatic heterocycles. The van der Waals surface area contributed by atoms with Gasteiger partial charge in [-0.3, -0.25) is 14.9 Å². The predicted octanol–water partition coefficient (Wildman–Crippen LogP) is 3.09. The lowest BCUT2D eigenvalue weighted by atomic mass is 10.1. The first-order valence-electron chi connectivity index (χ1n) is 5.21. The van der Waals surface area contributed by atoms with Crippen molar-refractivity contribution in [1.82, 2.24) is 0 Å². The van der Waals surface area contributed by atoms with Crippen molar-refractivity contribution in [2.24, 2.45) is 5.92 Å². The largest absolute Gasteiger partial charge is 0.325 e. The number of alkyl halides is 1. The van der Waals surface area contributed by atoms with E-state index in [1.54, 1.807) is 0 Å². The highest BCUT2D eigenvalue weighted by atomic mass is 79.9. The molecular formula is C11H12BrFN2O3. The van der Waals surface area contributed by atoms with Crippen LogP contribution in [0.2, 0.25) is 0 Å². The number of halogens is 2. The zero-order chi connectivity index (χ0) is 13.9. The van der Waals surface area contributed by atoms with Gasteiger partial charge in [0.05, 0.1) is 21.5 Å². The molecule has 0 saturated heterocycles. The van der Waals surface area contributed by atoms with Gasteiger partial charge in [-0.15, -0.1) is 0 Å². The van der Waals surface area contributed by atoms with E-state index in [1.807, 2.05) is 13.8 Å². The molecule has 1 unspecified atom stereocenters. The average molecular weight is 319 g/mol. The Bertz CT molecular complexity index is 479. The number of benzene rings is 1. The molecule has 0 heterocycles. The van der Waals surface area contributed by atoms with Crippen LogP contribution in [0.5, 0.6) is 0 Å². The van der Waals surface area contributed by atoms with E-state index in [0.29, 0.717) is 0 Å². The summed E-state index contributed by atoms with van der Waals surface area (Å²) >= 11 is 3.19. The van der Waals surface area contributed by atoms with Gasteiger partial charge in [0, 0.05) is 6.07 Å². The smallest absolute Gasteiger partial charge is 0.274 e. The molecule has 1 aromatic rings. The van der Waals surface area contributed by atoms with Crippen LogP contribution in [0, 0.1) is 21.8 Å². The highest BCUT2D eigenvalue weighted by molar-refractivity contribution is 9.10. The van der Waals surface area contributed by atoms with Gasteiger partial charge in [0.15, 0.2) is 0 Å². The Morgan fingerprint density at radius 2 is 2.06 bits per heavy atom. The van der Waals surface area contributed by atoms with E-state index in [-0.39, 0.29) is 17.5 Å². The van der Waals surface area contributed by atoms with Gasteiger partial charge in [-0.25, -0.2) is 4.39 Å². The maximum Gasteiger partial charge on any atom is 0.274 e. The molecular weight excluding hydrogens is 307 g/mol. The number of nitrogens with zero attached hydrogens (tertiary/aromatic N) is 1. The van der Waals surface area contributed by atoms with Crippen molar-refractivity contribution >= 4 is 33.2 Å². The second-order valence-electron chi connectivity index (χ2n) is 4.09. The standard InChI is InChI=1S/C11H12BrFN2O3/c1-6(2)10(12)11(16)14-8-3-7(13)4-9(5-8)15(17)18/h3-6,10H,1-2H3,(H,14,16). The molecule has 98 valence electrons. The van der Waals surface area contributed by atoms with Gasteiger partial charge >= 0.3 is 0 Å². The van der Waals surface area contributed by atoms with Crippen LogP contribution in [0.15, 0.2) is 18.2 Å². The fourth-order valence-corrected chi connectivity index (χ4v) is 1.38. The maximum absolute atomic E-state index is 13.1. The normalized spacial score (nSPS) is 12.3. The number of hydrogen-bond acceptors (Lipinski definition) is 3. The van der Waals surface area contributed by atoms with Crippen LogP contribution in [0.3, 0.4) is 0 Å². The van der Waals surface area contributed by atoms with Gasteiger partial charge in [0.2, 0.25) is 5.91 Å². The summed E-state index contributed by atoms with van der Waals surface area (Å²) in [6.07, 6.45) is 0. The minimum absolute atomic E-state index is 0.0496. The second kappa shape index (κ2) is 5.90. The number of hydrogen-bond donors (Lipinski definition) is 1. The molecule has 7 heteroatoms. The van der Waals surface area contributed by atoms with E-state index in [0.717, 1.165) is 18.2 Å². The lowest BCUT2D eigenvalue weighted by molar-refractivity contribution is -0.385. The summed E-state index contributed by atoms with van der Waals surface area (Å²) in [6.45, 7) is 3.68. The van der Waals surface area contributed by atoms with Crippen molar-refractivity contribution < 1.29 is 14.1 Å². The van der Waals surface area contributed by atoms with Crippen LogP contribution in [0.25, 0.3) is 0 Å². The van der Waals surface area contributed by atoms with E-state index in [1.165, 1.54) is 0 Å². The quantitative estimate of drug-likeness (QED) is 0.526. The Labute approximate surface area is 112 Å². The Hall–Kier alpha value is -1.50. The average Bonchev–Trinajstić information content (AvgIpc) is 2.26. The van der Waals surface area contributed by atoms with E-state index in [9.17, 15) is 19.3 Å². The Balaban J connectivity index is 2.91. The van der Waals surface area contributed by atoms with Gasteiger partial charge < -0.3 is 5.32 Å². The summed E-state index contributed by atoms with van der Waals surface area (Å²) < 4.78 is 13.1. The minimum Gasteiger partial charge on any atom is -0.325 e. The fraction of sp³-hybridized carbons (Fsp3) is 0.364. The number of anilines is 1. The van der Waals surface area contributed by atoms with E-state index in [4.69, 9.17) is 0 Å². The van der Waals surface area contributed by atoms with E-state index >= 15 is 0 Å². The number of carbonyl (C=O) groups is 1. The van der Waals surface area contributed by atoms with Crippen molar-refractivity contribution in [1.29, 1.82) is 0 Å². The number of nitro benzene ring substituents is 1. The zero-order valence-electron chi connectivity index (χ0n) is 9.81. The minimum atomic E-state index is -0.768. The number of amides is 1. The van der Waals surface area contributed by atoms with Gasteiger partial charge in [-0.05, 0) is 12.0 Å². The fourth-order valence-electron chi connectivity index (χ4n) is 1.27. The topological polar surface area (TPSA) is 72.2 Å². The highest BCUT2D eigenvalue weighted by Crippen LogP contribution is 2.21. The summed E-state index contributed by atoms with van der Waals surface area (Å²) in [5.41, 5.74) is -0.335. The first-order chi connectivity index (χ1) is 8.31. The van der Waals surface area contributed by atoms with Crippen molar-refractivity contribution in [2.45, 2.75) is 18.7 Å². The monoisotopic (exact) mass is 318 g/mol. The molecule has 0 saturated carbocycles. The van der Waals surface area contributed by atoms with Gasteiger partial charge in [0.25, 0.3) is 5.69 Å². The number of nitrogens with one attached hydrogen (secondary N) is 1. The van der Waals surface area contributed by atoms with Crippen molar-refractivity contribution in [3.05, 3.63) is 34.1 Å². The Kier molecular flexibility index (Phi) is 4.77. The van der Waals surface area contributed by atoms with Crippen LogP contribution < -0.4 is 5.32 Å². The van der Waals surface area contributed by atoms with Crippen LogP contribution in [0.1, 0.15) is 13.8 Å². The van der Waals surface area contributed by atoms with Crippen molar-refractivity contribution in [3.8, 4) is 0 Å². The van der Waals surface area contributed by atoms with Crippen LogP contribution in [-0.2, 0) is 4.79 Å². The molecule has 1 N–H and O–H groups in total. The van der Waals surface area contributed by atoms with Crippen LogP contribution in [0.4, 0.5) is 15.8 Å². The molecule has 0 spiro atoms. The first-order valence-corrected chi connectivity index (χ1v) is 6.12. The summed E-state index contributed by atoms with van der Waals surface area (Å²) in [5.74, 6) is -1.09.